The second-order valence-corrected chi connectivity index (χ2v) is 7.08. The van der Waals surface area contributed by atoms with Crippen molar-refractivity contribution in [1.82, 2.24) is 0 Å². The van der Waals surface area contributed by atoms with Crippen molar-refractivity contribution in [1.29, 1.82) is 0 Å². The molecule has 0 radical (unpaired) electrons. The van der Waals surface area contributed by atoms with Crippen molar-refractivity contribution in [2.75, 3.05) is 5.73 Å². The molecule has 25 heavy (non-hydrogen) atoms. The lowest BCUT2D eigenvalue weighted by molar-refractivity contribution is 0.604. The minimum Gasteiger partial charge on any atom is -0.399 e. The van der Waals surface area contributed by atoms with Gasteiger partial charge in [-0.05, 0) is 78.7 Å². The zero-order chi connectivity index (χ0) is 18.2. The Labute approximate surface area is 154 Å². The van der Waals surface area contributed by atoms with Crippen molar-refractivity contribution in [2.24, 2.45) is 21.8 Å². The van der Waals surface area contributed by atoms with Crippen molar-refractivity contribution in [3.63, 3.8) is 0 Å². The lowest BCUT2D eigenvalue weighted by atomic mass is 10.0. The van der Waals surface area contributed by atoms with Crippen LogP contribution in [0.25, 0.3) is 5.70 Å². The van der Waals surface area contributed by atoms with Gasteiger partial charge in [0.05, 0.1) is 5.69 Å². The lowest BCUT2D eigenvalue weighted by Crippen LogP contribution is -2.04. The molecule has 4 nitrogen and oxygen atoms in total. The summed E-state index contributed by atoms with van der Waals surface area (Å²) in [6.45, 7) is 4.41. The van der Waals surface area contributed by atoms with Gasteiger partial charge >= 0.3 is 0 Å². The molecule has 0 spiro atoms. The first kappa shape index (κ1) is 19.1. The number of benzene rings is 2. The Bertz CT molecular complexity index is 731. The van der Waals surface area contributed by atoms with Crippen LogP contribution in [0.1, 0.15) is 32.3 Å². The van der Waals surface area contributed by atoms with Gasteiger partial charge in [-0.25, -0.2) is 0 Å². The molecular formula is C20H26N4S. The van der Waals surface area contributed by atoms with Crippen molar-refractivity contribution < 1.29 is 0 Å². The molecule has 0 unspecified atom stereocenters. The van der Waals surface area contributed by atoms with Gasteiger partial charge in [-0.2, -0.15) is 0 Å². The SMILES string of the molecule is CC(C)CCC(/C=C(\N)c1ccc(N)cc1)=Nc1ccc(SN)cc1. The Kier molecular flexibility index (Phi) is 7.10. The first-order valence-corrected chi connectivity index (χ1v) is 9.23. The number of nitrogens with two attached hydrogens (primary N) is 3. The van der Waals surface area contributed by atoms with Crippen LogP contribution in [0.2, 0.25) is 0 Å². The molecule has 0 aliphatic heterocycles. The van der Waals surface area contributed by atoms with E-state index < -0.39 is 0 Å². The summed E-state index contributed by atoms with van der Waals surface area (Å²) in [5.74, 6) is 0.604. The topological polar surface area (TPSA) is 90.4 Å². The Balaban J connectivity index is 2.28. The van der Waals surface area contributed by atoms with E-state index in [4.69, 9.17) is 21.6 Å². The van der Waals surface area contributed by atoms with Gasteiger partial charge in [-0.15, -0.1) is 0 Å². The van der Waals surface area contributed by atoms with Crippen LogP contribution < -0.4 is 16.6 Å². The molecule has 2 aromatic carbocycles. The van der Waals surface area contributed by atoms with E-state index >= 15 is 0 Å². The lowest BCUT2D eigenvalue weighted by Gasteiger charge is -2.08. The number of allylic oxidation sites excluding steroid dienone is 1. The monoisotopic (exact) mass is 354 g/mol. The number of nitrogen functional groups attached to an aromatic ring is 1. The van der Waals surface area contributed by atoms with Crippen molar-refractivity contribution in [2.45, 2.75) is 31.6 Å². The first-order valence-electron chi connectivity index (χ1n) is 8.35. The summed E-state index contributed by atoms with van der Waals surface area (Å²) in [5.41, 5.74) is 16.2. The largest absolute Gasteiger partial charge is 0.399 e. The molecule has 6 N–H and O–H groups in total. The van der Waals surface area contributed by atoms with Crippen LogP contribution in [0.4, 0.5) is 11.4 Å². The molecule has 0 saturated heterocycles. The highest BCUT2D eigenvalue weighted by atomic mass is 32.2. The maximum Gasteiger partial charge on any atom is 0.0633 e. The third kappa shape index (κ3) is 6.29. The molecule has 2 rings (SSSR count). The van der Waals surface area contributed by atoms with Gasteiger partial charge in [0.15, 0.2) is 0 Å². The van der Waals surface area contributed by atoms with Crippen LogP contribution in [0.15, 0.2) is 64.5 Å². The number of hydrogen-bond donors (Lipinski definition) is 3. The predicted molar refractivity (Wildman–Crippen MR) is 111 cm³/mol. The molecule has 5 heteroatoms. The van der Waals surface area contributed by atoms with Gasteiger partial charge in [0.2, 0.25) is 0 Å². The van der Waals surface area contributed by atoms with Crippen LogP contribution >= 0.6 is 11.9 Å². The molecule has 0 aliphatic carbocycles. The molecule has 0 bridgehead atoms. The molecule has 0 amide bonds. The van der Waals surface area contributed by atoms with Gasteiger partial charge in [0, 0.05) is 22.0 Å². The number of nitrogens with zero attached hydrogens (tertiary/aromatic N) is 1. The highest BCUT2D eigenvalue weighted by Gasteiger charge is 2.04. The highest BCUT2D eigenvalue weighted by molar-refractivity contribution is 7.97. The fraction of sp³-hybridized carbons (Fsp3) is 0.250. The molecule has 0 fully saturated rings. The van der Waals surface area contributed by atoms with Crippen LogP contribution in [-0.2, 0) is 0 Å². The number of rotatable bonds is 7. The third-order valence-corrected chi connectivity index (χ3v) is 4.33. The fourth-order valence-electron chi connectivity index (χ4n) is 2.30. The summed E-state index contributed by atoms with van der Waals surface area (Å²) in [6, 6.07) is 15.4. The summed E-state index contributed by atoms with van der Waals surface area (Å²) < 4.78 is 0. The van der Waals surface area contributed by atoms with Crippen molar-refractivity contribution in [3.8, 4) is 0 Å². The van der Waals surface area contributed by atoms with E-state index in [1.54, 1.807) is 0 Å². The predicted octanol–water partition coefficient (Wildman–Crippen LogP) is 4.74. The maximum absolute atomic E-state index is 6.27. The quantitative estimate of drug-likeness (QED) is 0.380. The summed E-state index contributed by atoms with van der Waals surface area (Å²) >= 11 is 1.23. The van der Waals surface area contributed by atoms with Crippen molar-refractivity contribution in [3.05, 3.63) is 60.2 Å². The van der Waals surface area contributed by atoms with E-state index in [9.17, 15) is 0 Å². The van der Waals surface area contributed by atoms with Gasteiger partial charge in [-0.1, -0.05) is 26.0 Å². The van der Waals surface area contributed by atoms with Crippen LogP contribution in [-0.4, -0.2) is 5.71 Å². The van der Waals surface area contributed by atoms with Gasteiger partial charge in [-0.3, -0.25) is 10.1 Å². The molecule has 2 aromatic rings. The average molecular weight is 355 g/mol. The summed E-state index contributed by atoms with van der Waals surface area (Å²) in [6.07, 6.45) is 3.89. The Morgan fingerprint density at radius 2 is 1.72 bits per heavy atom. The smallest absolute Gasteiger partial charge is 0.0633 e. The Morgan fingerprint density at radius 1 is 1.08 bits per heavy atom. The Morgan fingerprint density at radius 3 is 2.28 bits per heavy atom. The van der Waals surface area contributed by atoms with E-state index in [-0.39, 0.29) is 0 Å². The van der Waals surface area contributed by atoms with Crippen LogP contribution in [0.3, 0.4) is 0 Å². The standard InChI is InChI=1S/C20H26N4S/c1-14(2)3-8-18(24-17-9-11-19(25-23)12-10-17)13-20(22)15-4-6-16(21)7-5-15/h4-7,9-14H,3,8,21-23H2,1-2H3/b20-13-,24-18?. The molecule has 0 aromatic heterocycles. The van der Waals surface area contributed by atoms with E-state index in [0.29, 0.717) is 11.6 Å². The first-order chi connectivity index (χ1) is 12.0. The normalized spacial score (nSPS) is 12.6. The summed E-state index contributed by atoms with van der Waals surface area (Å²) in [5, 5.41) is 5.57. The molecule has 0 saturated carbocycles. The molecule has 132 valence electrons. The van der Waals surface area contributed by atoms with Gasteiger partial charge in [0.1, 0.15) is 0 Å². The molecule has 0 heterocycles. The fourth-order valence-corrected chi connectivity index (χ4v) is 2.59. The second kappa shape index (κ2) is 9.30. The van der Waals surface area contributed by atoms with Crippen molar-refractivity contribution >= 4 is 34.7 Å². The zero-order valence-corrected chi connectivity index (χ0v) is 15.6. The van der Waals surface area contributed by atoms with Crippen LogP contribution in [0, 0.1) is 5.92 Å². The summed E-state index contributed by atoms with van der Waals surface area (Å²) in [4.78, 5) is 5.79. The highest BCUT2D eigenvalue weighted by Crippen LogP contribution is 2.20. The number of hydrogen-bond acceptors (Lipinski definition) is 5. The number of anilines is 1. The van der Waals surface area contributed by atoms with E-state index in [1.807, 2.05) is 54.6 Å². The van der Waals surface area contributed by atoms with E-state index in [1.165, 1.54) is 11.9 Å². The van der Waals surface area contributed by atoms with Crippen LogP contribution in [0.5, 0.6) is 0 Å². The minimum atomic E-state index is 0.604. The Hall–Kier alpha value is -2.24. The van der Waals surface area contributed by atoms with Gasteiger partial charge < -0.3 is 11.5 Å². The average Bonchev–Trinajstić information content (AvgIpc) is 2.60. The minimum absolute atomic E-state index is 0.604. The molecule has 0 atom stereocenters. The molecular weight excluding hydrogens is 328 g/mol. The van der Waals surface area contributed by atoms with Gasteiger partial charge in [0.25, 0.3) is 0 Å². The van der Waals surface area contributed by atoms with E-state index in [2.05, 4.69) is 13.8 Å². The molecule has 0 aliphatic rings. The second-order valence-electron chi connectivity index (χ2n) is 6.37. The third-order valence-electron chi connectivity index (χ3n) is 3.79. The number of aliphatic imine (C=N–C) groups is 1. The maximum atomic E-state index is 6.27. The zero-order valence-electron chi connectivity index (χ0n) is 14.8. The van der Waals surface area contributed by atoms with E-state index in [0.717, 1.165) is 40.4 Å². The summed E-state index contributed by atoms with van der Waals surface area (Å²) in [7, 11) is 0.